The minimum Gasteiger partial charge on any atom is -0.456 e. The number of benzene rings is 3. The molecule has 4 heteroatoms. The van der Waals surface area contributed by atoms with Crippen molar-refractivity contribution in [3.05, 3.63) is 65.7 Å². The summed E-state index contributed by atoms with van der Waals surface area (Å²) in [5.41, 5.74) is 4.02. The molecule has 0 atom stereocenters. The Kier molecular flexibility index (Phi) is 2.55. The molecule has 0 saturated carbocycles. The molecule has 0 radical (unpaired) electrons. The number of aromatic nitrogens is 1. The Morgan fingerprint density at radius 3 is 2.43 bits per heavy atom. The molecule has 0 saturated heterocycles. The molecular weight excluding hydrogens is 310 g/mol. The van der Waals surface area contributed by atoms with Gasteiger partial charge in [0.05, 0.1) is 0 Å². The molecule has 3 nitrogen and oxygen atoms in total. The predicted molar refractivity (Wildman–Crippen MR) is 91.7 cm³/mol. The predicted octanol–water partition coefficient (Wildman–Crippen LogP) is 6.05. The van der Waals surface area contributed by atoms with E-state index in [1.165, 1.54) is 0 Å². The second-order valence-corrected chi connectivity index (χ2v) is 5.88. The number of fused-ring (bicyclic) bond motifs is 4. The number of rotatable bonds is 1. The van der Waals surface area contributed by atoms with Crippen LogP contribution in [0.5, 0.6) is 0 Å². The zero-order valence-corrected chi connectivity index (χ0v) is 12.7. The minimum absolute atomic E-state index is 0.612. The van der Waals surface area contributed by atoms with Crippen LogP contribution in [0.1, 0.15) is 0 Å². The second-order valence-electron chi connectivity index (χ2n) is 5.44. The third-order valence-electron chi connectivity index (χ3n) is 3.96. The van der Waals surface area contributed by atoms with Crippen LogP contribution in [-0.4, -0.2) is 4.98 Å². The van der Waals surface area contributed by atoms with Gasteiger partial charge in [-0.2, -0.15) is 0 Å². The molecule has 110 valence electrons. The first-order valence-electron chi connectivity index (χ1n) is 7.26. The summed E-state index contributed by atoms with van der Waals surface area (Å²) in [6, 6.07) is 19.4. The first kappa shape index (κ1) is 12.7. The van der Waals surface area contributed by atoms with Gasteiger partial charge in [0.1, 0.15) is 16.7 Å². The lowest BCUT2D eigenvalue weighted by atomic mass is 10.1. The lowest BCUT2D eigenvalue weighted by Gasteiger charge is -1.91. The summed E-state index contributed by atoms with van der Waals surface area (Å²) in [4.78, 5) is 4.60. The first-order valence-corrected chi connectivity index (χ1v) is 7.63. The molecule has 2 heterocycles. The molecule has 5 aromatic rings. The second kappa shape index (κ2) is 4.61. The third kappa shape index (κ3) is 1.94. The van der Waals surface area contributed by atoms with Crippen molar-refractivity contribution >= 4 is 44.6 Å². The molecule has 0 fully saturated rings. The molecule has 0 N–H and O–H groups in total. The summed E-state index contributed by atoms with van der Waals surface area (Å²) in [6.45, 7) is 0. The van der Waals surface area contributed by atoms with E-state index in [1.807, 2.05) is 60.7 Å². The number of halogens is 1. The molecule has 23 heavy (non-hydrogen) atoms. The Bertz CT molecular complexity index is 1170. The fraction of sp³-hybridized carbons (Fsp3) is 0. The van der Waals surface area contributed by atoms with Gasteiger partial charge in [0.15, 0.2) is 5.58 Å². The van der Waals surface area contributed by atoms with Crippen LogP contribution in [0.4, 0.5) is 0 Å². The van der Waals surface area contributed by atoms with Gasteiger partial charge >= 0.3 is 0 Å². The van der Waals surface area contributed by atoms with Gasteiger partial charge in [-0.05, 0) is 30.3 Å². The molecule has 0 aliphatic heterocycles. The van der Waals surface area contributed by atoms with Crippen molar-refractivity contribution < 1.29 is 8.83 Å². The average molecular weight is 320 g/mol. The molecule has 0 amide bonds. The SMILES string of the molecule is Clc1ccc2c(c1)oc1cc3oc(-c4ccccc4)nc3cc12. The Labute approximate surface area is 136 Å². The van der Waals surface area contributed by atoms with Crippen molar-refractivity contribution in [1.29, 1.82) is 0 Å². The fourth-order valence-electron chi connectivity index (χ4n) is 2.88. The lowest BCUT2D eigenvalue weighted by Crippen LogP contribution is -1.74. The summed E-state index contributed by atoms with van der Waals surface area (Å²) >= 11 is 6.03. The number of nitrogens with zero attached hydrogens (tertiary/aromatic N) is 1. The maximum absolute atomic E-state index is 6.03. The van der Waals surface area contributed by atoms with E-state index in [2.05, 4.69) is 4.98 Å². The van der Waals surface area contributed by atoms with E-state index < -0.39 is 0 Å². The summed E-state index contributed by atoms with van der Waals surface area (Å²) in [5, 5.41) is 2.69. The molecule has 2 aromatic heterocycles. The van der Waals surface area contributed by atoms with Crippen molar-refractivity contribution in [1.82, 2.24) is 4.98 Å². The average Bonchev–Trinajstić information content (AvgIpc) is 3.13. The van der Waals surface area contributed by atoms with Gasteiger partial charge in [-0.15, -0.1) is 0 Å². The van der Waals surface area contributed by atoms with Crippen molar-refractivity contribution in [3.63, 3.8) is 0 Å². The summed E-state index contributed by atoms with van der Waals surface area (Å²) in [6.07, 6.45) is 0. The third-order valence-corrected chi connectivity index (χ3v) is 4.20. The van der Waals surface area contributed by atoms with Crippen LogP contribution in [0.2, 0.25) is 5.02 Å². The quantitative estimate of drug-likeness (QED) is 0.377. The van der Waals surface area contributed by atoms with E-state index in [1.54, 1.807) is 0 Å². The highest BCUT2D eigenvalue weighted by atomic mass is 35.5. The topological polar surface area (TPSA) is 39.2 Å². The Morgan fingerprint density at radius 1 is 0.739 bits per heavy atom. The normalized spacial score (nSPS) is 11.7. The Morgan fingerprint density at radius 2 is 1.57 bits per heavy atom. The number of hydrogen-bond donors (Lipinski definition) is 0. The largest absolute Gasteiger partial charge is 0.456 e. The van der Waals surface area contributed by atoms with Crippen molar-refractivity contribution in [2.75, 3.05) is 0 Å². The van der Waals surface area contributed by atoms with Crippen LogP contribution < -0.4 is 0 Å². The monoisotopic (exact) mass is 319 g/mol. The molecule has 3 aromatic carbocycles. The van der Waals surface area contributed by atoms with Crippen LogP contribution in [0.25, 0.3) is 44.5 Å². The Hall–Kier alpha value is -2.78. The van der Waals surface area contributed by atoms with E-state index in [9.17, 15) is 0 Å². The van der Waals surface area contributed by atoms with Gasteiger partial charge < -0.3 is 8.83 Å². The van der Waals surface area contributed by atoms with Gasteiger partial charge in [0.25, 0.3) is 0 Å². The highest BCUT2D eigenvalue weighted by Gasteiger charge is 2.13. The van der Waals surface area contributed by atoms with E-state index in [0.717, 1.165) is 33.0 Å². The number of furan rings is 1. The molecule has 0 unspecified atom stereocenters. The zero-order valence-electron chi connectivity index (χ0n) is 11.9. The molecule has 0 bridgehead atoms. The fourth-order valence-corrected chi connectivity index (χ4v) is 3.04. The van der Waals surface area contributed by atoms with Gasteiger partial charge in [-0.3, -0.25) is 0 Å². The van der Waals surface area contributed by atoms with Crippen LogP contribution in [0.3, 0.4) is 0 Å². The minimum atomic E-state index is 0.612. The van der Waals surface area contributed by atoms with Crippen molar-refractivity contribution in [3.8, 4) is 11.5 Å². The standard InChI is InChI=1S/C19H10ClNO2/c20-12-6-7-13-14-9-15-18(10-17(14)22-16(13)8-12)23-19(21-15)11-4-2-1-3-5-11/h1-10H. The van der Waals surface area contributed by atoms with Crippen LogP contribution in [-0.2, 0) is 0 Å². The number of oxazole rings is 1. The molecular formula is C19H10ClNO2. The molecule has 0 aliphatic carbocycles. The maximum atomic E-state index is 6.03. The molecule has 5 rings (SSSR count). The summed E-state index contributed by atoms with van der Waals surface area (Å²) in [5.74, 6) is 0.612. The maximum Gasteiger partial charge on any atom is 0.227 e. The first-order chi connectivity index (χ1) is 11.3. The Balaban J connectivity index is 1.79. The smallest absolute Gasteiger partial charge is 0.227 e. The lowest BCUT2D eigenvalue weighted by molar-refractivity contribution is 0.617. The van der Waals surface area contributed by atoms with E-state index >= 15 is 0 Å². The van der Waals surface area contributed by atoms with Gasteiger partial charge in [0.2, 0.25) is 5.89 Å². The highest BCUT2D eigenvalue weighted by molar-refractivity contribution is 6.31. The van der Waals surface area contributed by atoms with E-state index in [-0.39, 0.29) is 0 Å². The van der Waals surface area contributed by atoms with Crippen LogP contribution >= 0.6 is 11.6 Å². The van der Waals surface area contributed by atoms with Crippen LogP contribution in [0, 0.1) is 0 Å². The molecule has 0 spiro atoms. The van der Waals surface area contributed by atoms with Crippen LogP contribution in [0.15, 0.2) is 69.5 Å². The van der Waals surface area contributed by atoms with Crippen molar-refractivity contribution in [2.45, 2.75) is 0 Å². The van der Waals surface area contributed by atoms with Crippen molar-refractivity contribution in [2.24, 2.45) is 0 Å². The van der Waals surface area contributed by atoms with E-state index in [4.69, 9.17) is 20.4 Å². The zero-order chi connectivity index (χ0) is 15.4. The van der Waals surface area contributed by atoms with E-state index in [0.29, 0.717) is 16.5 Å². The van der Waals surface area contributed by atoms with Gasteiger partial charge in [0, 0.05) is 33.5 Å². The van der Waals surface area contributed by atoms with Gasteiger partial charge in [-0.1, -0.05) is 29.8 Å². The van der Waals surface area contributed by atoms with Gasteiger partial charge in [-0.25, -0.2) is 4.98 Å². The molecule has 0 aliphatic rings. The highest BCUT2D eigenvalue weighted by Crippen LogP contribution is 2.34. The summed E-state index contributed by atoms with van der Waals surface area (Å²) in [7, 11) is 0. The summed E-state index contributed by atoms with van der Waals surface area (Å²) < 4.78 is 11.8. The number of hydrogen-bond acceptors (Lipinski definition) is 3.